The van der Waals surface area contributed by atoms with Crippen molar-refractivity contribution in [3.05, 3.63) is 65.5 Å². The Morgan fingerprint density at radius 2 is 1.95 bits per heavy atom. The summed E-state index contributed by atoms with van der Waals surface area (Å²) in [6, 6.07) is 14.4. The molecule has 0 aliphatic carbocycles. The highest BCUT2D eigenvalue weighted by atomic mass is 79.9. The minimum absolute atomic E-state index is 0.0589. The van der Waals surface area contributed by atoms with E-state index in [1.54, 1.807) is 23.1 Å². The Kier molecular flexibility index (Phi) is 5.72. The van der Waals surface area contributed by atoms with E-state index < -0.39 is 4.83 Å². The number of amides is 1. The van der Waals surface area contributed by atoms with Crippen LogP contribution in [0.3, 0.4) is 0 Å². The highest BCUT2D eigenvalue weighted by Crippen LogP contribution is 2.21. The lowest BCUT2D eigenvalue weighted by molar-refractivity contribution is -0.117. The van der Waals surface area contributed by atoms with Gasteiger partial charge in [-0.1, -0.05) is 46.3 Å². The van der Waals surface area contributed by atoms with Crippen molar-refractivity contribution < 1.29 is 9.18 Å². The number of carbonyl (C=O) groups is 1. The van der Waals surface area contributed by atoms with Gasteiger partial charge < -0.3 is 4.90 Å². The molecule has 1 atom stereocenters. The molecule has 2 aromatic carbocycles. The Labute approximate surface area is 139 Å². The molecule has 2 nitrogen and oxygen atoms in total. The quantitative estimate of drug-likeness (QED) is 0.716. The lowest BCUT2D eigenvalue weighted by Gasteiger charge is -2.24. The number of alkyl halides is 1. The molecule has 0 heterocycles. The van der Waals surface area contributed by atoms with Crippen LogP contribution in [0.15, 0.2) is 48.5 Å². The van der Waals surface area contributed by atoms with Crippen LogP contribution in [0.1, 0.15) is 18.1 Å². The summed E-state index contributed by atoms with van der Waals surface area (Å²) in [5.74, 6) is -0.338. The minimum atomic E-state index is -0.454. The largest absolute Gasteiger partial charge is 0.312 e. The summed E-state index contributed by atoms with van der Waals surface area (Å²) in [4.78, 5) is 13.9. The second-order valence-electron chi connectivity index (χ2n) is 5.18. The Morgan fingerprint density at radius 1 is 1.23 bits per heavy atom. The van der Waals surface area contributed by atoms with Crippen molar-refractivity contribution in [2.75, 3.05) is 11.4 Å². The lowest BCUT2D eigenvalue weighted by atomic mass is 10.1. The summed E-state index contributed by atoms with van der Waals surface area (Å²) in [6.07, 6.45) is 0.327. The first-order valence-corrected chi connectivity index (χ1v) is 8.20. The number of carbonyl (C=O) groups excluding carboxylic acids is 1. The number of rotatable bonds is 5. The maximum Gasteiger partial charge on any atom is 0.241 e. The first kappa shape index (κ1) is 16.7. The van der Waals surface area contributed by atoms with Crippen LogP contribution in [0.5, 0.6) is 0 Å². The molecular weight excluding hydrogens is 345 g/mol. The van der Waals surface area contributed by atoms with Crippen LogP contribution in [0.25, 0.3) is 0 Å². The van der Waals surface area contributed by atoms with Gasteiger partial charge in [-0.25, -0.2) is 4.39 Å². The summed E-state index contributed by atoms with van der Waals surface area (Å²) < 4.78 is 13.7. The van der Waals surface area contributed by atoms with Gasteiger partial charge in [0.15, 0.2) is 0 Å². The SMILES string of the molecule is CCN(C(=O)C(Br)Cc1ccccc1F)c1cccc(C)c1. The van der Waals surface area contributed by atoms with Gasteiger partial charge >= 0.3 is 0 Å². The molecule has 0 fully saturated rings. The molecule has 0 radical (unpaired) electrons. The molecule has 22 heavy (non-hydrogen) atoms. The fourth-order valence-corrected chi connectivity index (χ4v) is 2.97. The standard InChI is InChI=1S/C18H19BrFNO/c1-3-21(15-9-6-7-13(2)11-15)18(22)16(19)12-14-8-4-5-10-17(14)20/h4-11,16H,3,12H2,1-2H3. The number of benzene rings is 2. The van der Waals surface area contributed by atoms with Gasteiger partial charge in [-0.2, -0.15) is 0 Å². The minimum Gasteiger partial charge on any atom is -0.312 e. The molecule has 0 spiro atoms. The zero-order chi connectivity index (χ0) is 16.1. The molecule has 116 valence electrons. The highest BCUT2D eigenvalue weighted by Gasteiger charge is 2.23. The van der Waals surface area contributed by atoms with Crippen molar-refractivity contribution in [1.82, 2.24) is 0 Å². The van der Waals surface area contributed by atoms with Crippen LogP contribution in [0.4, 0.5) is 10.1 Å². The molecular formula is C18H19BrFNO. The molecule has 2 rings (SSSR count). The number of hydrogen-bond donors (Lipinski definition) is 0. The van der Waals surface area contributed by atoms with Crippen molar-refractivity contribution in [3.63, 3.8) is 0 Å². The predicted molar refractivity (Wildman–Crippen MR) is 92.0 cm³/mol. The van der Waals surface area contributed by atoms with E-state index in [1.165, 1.54) is 6.07 Å². The molecule has 0 saturated heterocycles. The van der Waals surface area contributed by atoms with Gasteiger partial charge in [-0.3, -0.25) is 4.79 Å². The van der Waals surface area contributed by atoms with Gasteiger partial charge in [0.1, 0.15) is 5.82 Å². The van der Waals surface area contributed by atoms with Gasteiger partial charge in [-0.15, -0.1) is 0 Å². The Morgan fingerprint density at radius 3 is 2.59 bits per heavy atom. The van der Waals surface area contributed by atoms with Crippen LogP contribution >= 0.6 is 15.9 Å². The number of hydrogen-bond acceptors (Lipinski definition) is 1. The van der Waals surface area contributed by atoms with Crippen LogP contribution in [-0.2, 0) is 11.2 Å². The van der Waals surface area contributed by atoms with Crippen molar-refractivity contribution in [2.45, 2.75) is 25.1 Å². The molecule has 1 amide bonds. The maximum absolute atomic E-state index is 13.7. The average molecular weight is 364 g/mol. The van der Waals surface area contributed by atoms with E-state index in [0.717, 1.165) is 11.3 Å². The van der Waals surface area contributed by atoms with Gasteiger partial charge in [0, 0.05) is 12.2 Å². The Balaban J connectivity index is 2.16. The fourth-order valence-electron chi connectivity index (χ4n) is 2.37. The molecule has 1 unspecified atom stereocenters. The van der Waals surface area contributed by atoms with E-state index in [-0.39, 0.29) is 11.7 Å². The molecule has 0 aromatic heterocycles. The Bertz CT molecular complexity index is 659. The normalized spacial score (nSPS) is 12.0. The average Bonchev–Trinajstić information content (AvgIpc) is 2.50. The van der Waals surface area contributed by atoms with E-state index in [0.29, 0.717) is 18.5 Å². The monoisotopic (exact) mass is 363 g/mol. The van der Waals surface area contributed by atoms with Crippen LogP contribution < -0.4 is 4.90 Å². The maximum atomic E-state index is 13.7. The van der Waals surface area contributed by atoms with Gasteiger partial charge in [0.05, 0.1) is 4.83 Å². The van der Waals surface area contributed by atoms with Gasteiger partial charge in [0.2, 0.25) is 5.91 Å². The number of anilines is 1. The zero-order valence-corrected chi connectivity index (χ0v) is 14.3. The van der Waals surface area contributed by atoms with Crippen molar-refractivity contribution in [2.24, 2.45) is 0 Å². The zero-order valence-electron chi connectivity index (χ0n) is 12.7. The molecule has 2 aromatic rings. The lowest BCUT2D eigenvalue weighted by Crippen LogP contribution is -2.37. The van der Waals surface area contributed by atoms with E-state index in [4.69, 9.17) is 0 Å². The van der Waals surface area contributed by atoms with Crippen LogP contribution in [0.2, 0.25) is 0 Å². The second kappa shape index (κ2) is 7.54. The summed E-state index contributed by atoms with van der Waals surface area (Å²) in [6.45, 7) is 4.50. The molecule has 0 bridgehead atoms. The smallest absolute Gasteiger partial charge is 0.241 e. The van der Waals surface area contributed by atoms with Gasteiger partial charge in [-0.05, 0) is 49.6 Å². The summed E-state index contributed by atoms with van der Waals surface area (Å²) in [5.41, 5.74) is 2.51. The summed E-state index contributed by atoms with van der Waals surface area (Å²) >= 11 is 3.41. The summed E-state index contributed by atoms with van der Waals surface area (Å²) in [7, 11) is 0. The predicted octanol–water partition coefficient (Wildman–Crippen LogP) is 4.49. The van der Waals surface area contributed by atoms with Crippen molar-refractivity contribution in [3.8, 4) is 0 Å². The van der Waals surface area contributed by atoms with E-state index in [9.17, 15) is 9.18 Å². The topological polar surface area (TPSA) is 20.3 Å². The second-order valence-corrected chi connectivity index (χ2v) is 6.29. The van der Waals surface area contributed by atoms with Gasteiger partial charge in [0.25, 0.3) is 0 Å². The molecule has 0 saturated carbocycles. The third-order valence-electron chi connectivity index (χ3n) is 3.52. The Hall–Kier alpha value is -1.68. The number of nitrogens with zero attached hydrogens (tertiary/aromatic N) is 1. The van der Waals surface area contributed by atoms with E-state index >= 15 is 0 Å². The van der Waals surface area contributed by atoms with Crippen LogP contribution in [0, 0.1) is 12.7 Å². The van der Waals surface area contributed by atoms with Crippen molar-refractivity contribution >= 4 is 27.5 Å². The highest BCUT2D eigenvalue weighted by molar-refractivity contribution is 9.10. The molecule has 0 aliphatic rings. The van der Waals surface area contributed by atoms with E-state index in [1.807, 2.05) is 38.1 Å². The third kappa shape index (κ3) is 3.95. The number of halogens is 2. The number of aryl methyl sites for hydroxylation is 1. The fraction of sp³-hybridized carbons (Fsp3) is 0.278. The molecule has 0 N–H and O–H groups in total. The van der Waals surface area contributed by atoms with Crippen molar-refractivity contribution in [1.29, 1.82) is 0 Å². The molecule has 0 aliphatic heterocycles. The first-order valence-electron chi connectivity index (χ1n) is 7.28. The van der Waals surface area contributed by atoms with E-state index in [2.05, 4.69) is 15.9 Å². The van der Waals surface area contributed by atoms with Crippen LogP contribution in [-0.4, -0.2) is 17.3 Å². The molecule has 4 heteroatoms. The third-order valence-corrected chi connectivity index (χ3v) is 4.24. The summed E-state index contributed by atoms with van der Waals surface area (Å²) in [5, 5.41) is 0. The first-order chi connectivity index (χ1) is 10.5.